The van der Waals surface area contributed by atoms with Crippen LogP contribution in [0.4, 0.5) is 4.39 Å². The van der Waals surface area contributed by atoms with E-state index in [-0.39, 0.29) is 12.8 Å². The number of aliphatic carboxylic acids is 1. The van der Waals surface area contributed by atoms with Crippen LogP contribution in [0.15, 0.2) is 0 Å². The van der Waals surface area contributed by atoms with Crippen LogP contribution in [0.25, 0.3) is 0 Å². The van der Waals surface area contributed by atoms with Gasteiger partial charge in [0.1, 0.15) is 0 Å². The molecule has 0 aromatic heterocycles. The standard InChI is InChI=1S/C10H17FO4/c1-10(11,9(14)15-2)7-5-3-4-6-8(12)13/h3-7H2,1-2H3,(H,12,13). The Morgan fingerprint density at radius 1 is 1.33 bits per heavy atom. The predicted molar refractivity (Wildman–Crippen MR) is 52.2 cm³/mol. The molecule has 0 heterocycles. The van der Waals surface area contributed by atoms with Crippen LogP contribution in [0.1, 0.15) is 39.0 Å². The van der Waals surface area contributed by atoms with E-state index in [0.29, 0.717) is 19.3 Å². The summed E-state index contributed by atoms with van der Waals surface area (Å²) in [6.07, 6.45) is 1.74. The molecule has 4 nitrogen and oxygen atoms in total. The average molecular weight is 220 g/mol. The molecule has 0 fully saturated rings. The predicted octanol–water partition coefficient (Wildman–Crippen LogP) is 1.92. The van der Waals surface area contributed by atoms with Gasteiger partial charge in [0, 0.05) is 6.42 Å². The van der Waals surface area contributed by atoms with Crippen molar-refractivity contribution in [3.63, 3.8) is 0 Å². The number of carbonyl (C=O) groups is 2. The van der Waals surface area contributed by atoms with Gasteiger partial charge in [-0.3, -0.25) is 4.79 Å². The van der Waals surface area contributed by atoms with Crippen molar-refractivity contribution in [2.45, 2.75) is 44.7 Å². The monoisotopic (exact) mass is 220 g/mol. The average Bonchev–Trinajstić information content (AvgIpc) is 2.15. The summed E-state index contributed by atoms with van der Waals surface area (Å²) in [5.74, 6) is -1.73. The van der Waals surface area contributed by atoms with Crippen LogP contribution in [0.2, 0.25) is 0 Å². The molecular weight excluding hydrogens is 203 g/mol. The zero-order valence-corrected chi connectivity index (χ0v) is 9.09. The summed E-state index contributed by atoms with van der Waals surface area (Å²) < 4.78 is 17.8. The molecule has 0 aromatic carbocycles. The maximum atomic E-state index is 13.5. The third-order valence-corrected chi connectivity index (χ3v) is 2.15. The second-order valence-electron chi connectivity index (χ2n) is 3.64. The van der Waals surface area contributed by atoms with Crippen molar-refractivity contribution in [1.82, 2.24) is 0 Å². The molecule has 0 saturated heterocycles. The fraction of sp³-hybridized carbons (Fsp3) is 0.800. The van der Waals surface area contributed by atoms with E-state index in [2.05, 4.69) is 4.74 Å². The Balaban J connectivity index is 3.66. The van der Waals surface area contributed by atoms with Gasteiger partial charge in [0.2, 0.25) is 5.67 Å². The maximum absolute atomic E-state index is 13.5. The highest BCUT2D eigenvalue weighted by Gasteiger charge is 2.33. The molecule has 0 spiro atoms. The molecule has 0 aliphatic carbocycles. The van der Waals surface area contributed by atoms with E-state index in [4.69, 9.17) is 5.11 Å². The van der Waals surface area contributed by atoms with Crippen molar-refractivity contribution in [3.8, 4) is 0 Å². The van der Waals surface area contributed by atoms with Crippen molar-refractivity contribution in [1.29, 1.82) is 0 Å². The number of hydrogen-bond donors (Lipinski definition) is 1. The number of rotatable bonds is 7. The fourth-order valence-electron chi connectivity index (χ4n) is 1.22. The Morgan fingerprint density at radius 3 is 2.40 bits per heavy atom. The van der Waals surface area contributed by atoms with E-state index in [1.54, 1.807) is 0 Å². The minimum Gasteiger partial charge on any atom is -0.481 e. The second-order valence-corrected chi connectivity index (χ2v) is 3.64. The number of methoxy groups -OCH3 is 1. The lowest BCUT2D eigenvalue weighted by Crippen LogP contribution is -2.31. The van der Waals surface area contributed by atoms with Gasteiger partial charge in [0.15, 0.2) is 0 Å². The SMILES string of the molecule is COC(=O)C(C)(F)CCCCCC(=O)O. The number of halogens is 1. The van der Waals surface area contributed by atoms with Gasteiger partial charge < -0.3 is 9.84 Å². The van der Waals surface area contributed by atoms with Crippen LogP contribution < -0.4 is 0 Å². The van der Waals surface area contributed by atoms with E-state index in [1.807, 2.05) is 0 Å². The molecule has 0 bridgehead atoms. The first-order valence-electron chi connectivity index (χ1n) is 4.89. The van der Waals surface area contributed by atoms with Gasteiger partial charge >= 0.3 is 11.9 Å². The Kier molecular flexibility index (Phi) is 5.89. The molecule has 88 valence electrons. The number of alkyl halides is 1. The largest absolute Gasteiger partial charge is 0.481 e. The highest BCUT2D eigenvalue weighted by molar-refractivity contribution is 5.78. The van der Waals surface area contributed by atoms with E-state index in [9.17, 15) is 14.0 Å². The first-order chi connectivity index (χ1) is 6.90. The van der Waals surface area contributed by atoms with Crippen LogP contribution in [-0.4, -0.2) is 29.8 Å². The minimum absolute atomic E-state index is 0.0687. The lowest BCUT2D eigenvalue weighted by molar-refractivity contribution is -0.154. The maximum Gasteiger partial charge on any atom is 0.343 e. The molecule has 0 rings (SSSR count). The number of unbranched alkanes of at least 4 members (excludes halogenated alkanes) is 2. The molecule has 1 N–H and O–H groups in total. The second kappa shape index (κ2) is 6.37. The molecule has 0 aliphatic heterocycles. The molecule has 1 unspecified atom stereocenters. The van der Waals surface area contributed by atoms with Crippen LogP contribution in [0.3, 0.4) is 0 Å². The first kappa shape index (κ1) is 13.9. The Morgan fingerprint density at radius 2 is 1.93 bits per heavy atom. The van der Waals surface area contributed by atoms with Gasteiger partial charge in [0.25, 0.3) is 0 Å². The summed E-state index contributed by atoms with van der Waals surface area (Å²) in [5, 5.41) is 8.35. The van der Waals surface area contributed by atoms with Crippen molar-refractivity contribution in [2.75, 3.05) is 7.11 Å². The highest BCUT2D eigenvalue weighted by atomic mass is 19.1. The van der Waals surface area contributed by atoms with Crippen LogP contribution in [-0.2, 0) is 14.3 Å². The van der Waals surface area contributed by atoms with Crippen LogP contribution in [0, 0.1) is 0 Å². The number of carboxylic acid groups (broad SMARTS) is 1. The topological polar surface area (TPSA) is 63.6 Å². The minimum atomic E-state index is -1.96. The smallest absolute Gasteiger partial charge is 0.343 e. The molecule has 0 aromatic rings. The summed E-state index contributed by atoms with van der Waals surface area (Å²) in [4.78, 5) is 21.1. The molecule has 0 saturated carbocycles. The third-order valence-electron chi connectivity index (χ3n) is 2.15. The van der Waals surface area contributed by atoms with Gasteiger partial charge in [0.05, 0.1) is 7.11 Å². The van der Waals surface area contributed by atoms with Crippen molar-refractivity contribution in [2.24, 2.45) is 0 Å². The van der Waals surface area contributed by atoms with Crippen molar-refractivity contribution in [3.05, 3.63) is 0 Å². The summed E-state index contributed by atoms with van der Waals surface area (Å²) in [7, 11) is 1.14. The van der Waals surface area contributed by atoms with Gasteiger partial charge in [-0.15, -0.1) is 0 Å². The van der Waals surface area contributed by atoms with E-state index >= 15 is 0 Å². The summed E-state index contributed by atoms with van der Waals surface area (Å²) >= 11 is 0. The Bertz CT molecular complexity index is 225. The number of hydrogen-bond acceptors (Lipinski definition) is 3. The molecule has 5 heteroatoms. The number of carboxylic acids is 1. The van der Waals surface area contributed by atoms with E-state index in [0.717, 1.165) is 7.11 Å². The zero-order chi connectivity index (χ0) is 11.9. The molecule has 0 amide bonds. The number of esters is 1. The van der Waals surface area contributed by atoms with E-state index < -0.39 is 17.6 Å². The van der Waals surface area contributed by atoms with Crippen LogP contribution >= 0.6 is 0 Å². The number of carbonyl (C=O) groups excluding carboxylic acids is 1. The fourth-order valence-corrected chi connectivity index (χ4v) is 1.22. The van der Waals surface area contributed by atoms with E-state index in [1.165, 1.54) is 6.92 Å². The van der Waals surface area contributed by atoms with Crippen molar-refractivity contribution >= 4 is 11.9 Å². The van der Waals surface area contributed by atoms with Gasteiger partial charge in [-0.05, 0) is 26.2 Å². The number of ether oxygens (including phenoxy) is 1. The van der Waals surface area contributed by atoms with Crippen molar-refractivity contribution < 1.29 is 23.8 Å². The summed E-state index contributed by atoms with van der Waals surface area (Å²) in [5.41, 5.74) is -1.96. The molecule has 0 aliphatic rings. The first-order valence-corrected chi connectivity index (χ1v) is 4.89. The Hall–Kier alpha value is -1.13. The van der Waals surface area contributed by atoms with Gasteiger partial charge in [-0.2, -0.15) is 0 Å². The quantitative estimate of drug-likeness (QED) is 0.526. The molecule has 15 heavy (non-hydrogen) atoms. The molecule has 1 atom stereocenters. The summed E-state index contributed by atoms with van der Waals surface area (Å²) in [6.45, 7) is 1.18. The third kappa shape index (κ3) is 6.04. The Labute approximate surface area is 88.4 Å². The summed E-state index contributed by atoms with van der Waals surface area (Å²) in [6, 6.07) is 0. The van der Waals surface area contributed by atoms with Crippen LogP contribution in [0.5, 0.6) is 0 Å². The molecule has 0 radical (unpaired) electrons. The lowest BCUT2D eigenvalue weighted by Gasteiger charge is -2.16. The van der Waals surface area contributed by atoms with Gasteiger partial charge in [-0.1, -0.05) is 6.42 Å². The highest BCUT2D eigenvalue weighted by Crippen LogP contribution is 2.21. The molecular formula is C10H17FO4. The van der Waals surface area contributed by atoms with Gasteiger partial charge in [-0.25, -0.2) is 9.18 Å². The zero-order valence-electron chi connectivity index (χ0n) is 9.09. The normalized spacial score (nSPS) is 14.3. The lowest BCUT2D eigenvalue weighted by atomic mass is 10.00.